The Morgan fingerprint density at radius 1 is 1.50 bits per heavy atom. The number of benzene rings is 1. The van der Waals surface area contributed by atoms with Crippen LogP contribution in [0.1, 0.15) is 29.4 Å². The number of carbonyl (C=O) groups excluding carboxylic acids is 1. The lowest BCUT2D eigenvalue weighted by molar-refractivity contribution is -0.0858. The lowest BCUT2D eigenvalue weighted by Gasteiger charge is -2.46. The van der Waals surface area contributed by atoms with Crippen LogP contribution in [0.15, 0.2) is 24.3 Å². The predicted octanol–water partition coefficient (Wildman–Crippen LogP) is 3.03. The molecule has 1 N–H and O–H groups in total. The highest BCUT2D eigenvalue weighted by Gasteiger charge is 2.43. The number of hydrogen-bond acceptors (Lipinski definition) is 3. The highest BCUT2D eigenvalue weighted by atomic mass is 32.1. The fraction of sp³-hybridized carbons (Fsp3) is 0.400. The predicted molar refractivity (Wildman–Crippen MR) is 77.5 cm³/mol. The van der Waals surface area contributed by atoms with Crippen molar-refractivity contribution in [2.24, 2.45) is 0 Å². The molecule has 0 aliphatic carbocycles. The Morgan fingerprint density at radius 2 is 2.25 bits per heavy atom. The minimum absolute atomic E-state index is 0.119. The third kappa shape index (κ3) is 2.21. The zero-order valence-electron chi connectivity index (χ0n) is 11.2. The van der Waals surface area contributed by atoms with Crippen LogP contribution in [0.3, 0.4) is 0 Å². The Labute approximate surface area is 120 Å². The Kier molecular flexibility index (Phi) is 3.26. The van der Waals surface area contributed by atoms with Crippen molar-refractivity contribution in [2.45, 2.75) is 25.4 Å². The highest BCUT2D eigenvalue weighted by molar-refractivity contribution is 7.20. The maximum atomic E-state index is 13.6. The van der Waals surface area contributed by atoms with E-state index in [2.05, 4.69) is 0 Å². The van der Waals surface area contributed by atoms with Crippen LogP contribution in [0.4, 0.5) is 4.39 Å². The van der Waals surface area contributed by atoms with Crippen LogP contribution in [0.5, 0.6) is 0 Å². The van der Waals surface area contributed by atoms with Crippen molar-refractivity contribution < 1.29 is 14.3 Å². The van der Waals surface area contributed by atoms with Gasteiger partial charge in [0, 0.05) is 10.1 Å². The van der Waals surface area contributed by atoms with Gasteiger partial charge in [-0.25, -0.2) is 4.39 Å². The topological polar surface area (TPSA) is 40.5 Å². The molecule has 106 valence electrons. The van der Waals surface area contributed by atoms with E-state index < -0.39 is 5.60 Å². The first-order valence-electron chi connectivity index (χ1n) is 6.72. The molecule has 1 aliphatic heterocycles. The second kappa shape index (κ2) is 4.82. The van der Waals surface area contributed by atoms with Crippen LogP contribution in [0.25, 0.3) is 10.1 Å². The number of aliphatic hydroxyl groups is 1. The minimum Gasteiger partial charge on any atom is -0.386 e. The summed E-state index contributed by atoms with van der Waals surface area (Å²) in [5, 5.41) is 10.6. The van der Waals surface area contributed by atoms with Crippen LogP contribution in [-0.2, 0) is 0 Å². The number of rotatable bonds is 3. The van der Waals surface area contributed by atoms with Gasteiger partial charge in [-0.05, 0) is 24.6 Å². The molecule has 0 spiro atoms. The average Bonchev–Trinajstić information content (AvgIpc) is 2.80. The van der Waals surface area contributed by atoms with Crippen molar-refractivity contribution in [3.8, 4) is 0 Å². The third-order valence-corrected chi connectivity index (χ3v) is 4.78. The molecule has 0 atom stereocenters. The van der Waals surface area contributed by atoms with E-state index in [0.29, 0.717) is 29.8 Å². The van der Waals surface area contributed by atoms with Gasteiger partial charge in [-0.2, -0.15) is 0 Å². The number of carbonyl (C=O) groups is 1. The van der Waals surface area contributed by atoms with Gasteiger partial charge >= 0.3 is 0 Å². The number of β-amino-alcohol motifs (C(OH)–C–C–N with tert-alkyl or cyclic N) is 1. The number of halogens is 1. The van der Waals surface area contributed by atoms with Crippen LogP contribution < -0.4 is 0 Å². The number of thiophene rings is 1. The van der Waals surface area contributed by atoms with Crippen molar-refractivity contribution in [1.82, 2.24) is 4.90 Å². The Morgan fingerprint density at radius 3 is 2.90 bits per heavy atom. The smallest absolute Gasteiger partial charge is 0.264 e. The van der Waals surface area contributed by atoms with Gasteiger partial charge in [0.25, 0.3) is 5.91 Å². The van der Waals surface area contributed by atoms with E-state index in [-0.39, 0.29) is 11.7 Å². The fourth-order valence-electron chi connectivity index (χ4n) is 2.72. The SMILES string of the molecule is CCCC1(O)CN(C(=O)c2cc3c(F)cccc3s2)C1. The van der Waals surface area contributed by atoms with Gasteiger partial charge in [0.05, 0.1) is 23.6 Å². The summed E-state index contributed by atoms with van der Waals surface area (Å²) in [6.07, 6.45) is 1.60. The monoisotopic (exact) mass is 293 g/mol. The molecule has 1 aromatic carbocycles. The Hall–Kier alpha value is -1.46. The summed E-state index contributed by atoms with van der Waals surface area (Å²) in [7, 11) is 0. The van der Waals surface area contributed by atoms with Crippen molar-refractivity contribution in [2.75, 3.05) is 13.1 Å². The van der Waals surface area contributed by atoms with Crippen molar-refractivity contribution >= 4 is 27.3 Å². The van der Waals surface area contributed by atoms with E-state index in [9.17, 15) is 14.3 Å². The van der Waals surface area contributed by atoms with Crippen LogP contribution in [0, 0.1) is 5.82 Å². The molecule has 1 aromatic heterocycles. The molecule has 2 aromatic rings. The van der Waals surface area contributed by atoms with E-state index in [1.807, 2.05) is 13.0 Å². The number of hydrogen-bond donors (Lipinski definition) is 1. The second-order valence-corrected chi connectivity index (χ2v) is 6.48. The molecule has 3 rings (SSSR count). The Bertz CT molecular complexity index is 661. The molecule has 3 nitrogen and oxygen atoms in total. The molecule has 1 aliphatic rings. The van der Waals surface area contributed by atoms with Gasteiger partial charge in [-0.1, -0.05) is 19.4 Å². The van der Waals surface area contributed by atoms with Crippen molar-refractivity contribution in [3.05, 3.63) is 35.0 Å². The normalized spacial score (nSPS) is 17.2. The molecule has 2 heterocycles. The second-order valence-electron chi connectivity index (χ2n) is 5.40. The maximum Gasteiger partial charge on any atom is 0.264 e. The summed E-state index contributed by atoms with van der Waals surface area (Å²) in [4.78, 5) is 14.5. The van der Waals surface area contributed by atoms with Crippen LogP contribution in [0.2, 0.25) is 0 Å². The standard InChI is InChI=1S/C15H16FNO2S/c1-2-6-15(19)8-17(9-15)14(18)13-7-10-11(16)4-3-5-12(10)20-13/h3-5,7,19H,2,6,8-9H2,1H3. The van der Waals surface area contributed by atoms with E-state index in [0.717, 1.165) is 11.1 Å². The van der Waals surface area contributed by atoms with Crippen LogP contribution >= 0.6 is 11.3 Å². The van der Waals surface area contributed by atoms with Gasteiger partial charge < -0.3 is 10.0 Å². The maximum absolute atomic E-state index is 13.6. The summed E-state index contributed by atoms with van der Waals surface area (Å²) < 4.78 is 14.4. The van der Waals surface area contributed by atoms with Crippen LogP contribution in [-0.4, -0.2) is 34.6 Å². The number of fused-ring (bicyclic) bond motifs is 1. The fourth-order valence-corrected chi connectivity index (χ4v) is 3.76. The molecule has 0 radical (unpaired) electrons. The van der Waals surface area contributed by atoms with Gasteiger partial charge in [0.1, 0.15) is 5.82 Å². The molecular weight excluding hydrogens is 277 g/mol. The Balaban J connectivity index is 1.79. The van der Waals surface area contributed by atoms with E-state index in [4.69, 9.17) is 0 Å². The molecule has 0 unspecified atom stereocenters. The molecule has 0 bridgehead atoms. The van der Waals surface area contributed by atoms with E-state index >= 15 is 0 Å². The van der Waals surface area contributed by atoms with Gasteiger partial charge in [-0.15, -0.1) is 11.3 Å². The van der Waals surface area contributed by atoms with Gasteiger partial charge in [0.15, 0.2) is 0 Å². The average molecular weight is 293 g/mol. The molecular formula is C15H16FNO2S. The van der Waals surface area contributed by atoms with Gasteiger partial charge in [0.2, 0.25) is 0 Å². The summed E-state index contributed by atoms with van der Waals surface area (Å²) in [6.45, 7) is 2.75. The molecule has 1 fully saturated rings. The zero-order chi connectivity index (χ0) is 14.3. The highest BCUT2D eigenvalue weighted by Crippen LogP contribution is 2.32. The summed E-state index contributed by atoms with van der Waals surface area (Å²) >= 11 is 1.30. The number of amides is 1. The van der Waals surface area contributed by atoms with Crippen molar-refractivity contribution in [3.63, 3.8) is 0 Å². The first-order valence-corrected chi connectivity index (χ1v) is 7.54. The first-order chi connectivity index (χ1) is 9.52. The largest absolute Gasteiger partial charge is 0.386 e. The van der Waals surface area contributed by atoms with Gasteiger partial charge in [-0.3, -0.25) is 4.79 Å². The summed E-state index contributed by atoms with van der Waals surface area (Å²) in [5.74, 6) is -0.421. The summed E-state index contributed by atoms with van der Waals surface area (Å²) in [5.41, 5.74) is -0.730. The van der Waals surface area contributed by atoms with E-state index in [1.165, 1.54) is 17.4 Å². The summed E-state index contributed by atoms with van der Waals surface area (Å²) in [6, 6.07) is 6.46. The third-order valence-electron chi connectivity index (χ3n) is 3.69. The molecule has 20 heavy (non-hydrogen) atoms. The quantitative estimate of drug-likeness (QED) is 0.945. The van der Waals surface area contributed by atoms with Crippen molar-refractivity contribution in [1.29, 1.82) is 0 Å². The molecule has 5 heteroatoms. The molecule has 0 saturated carbocycles. The minimum atomic E-state index is -0.730. The number of likely N-dealkylation sites (tertiary alicyclic amines) is 1. The zero-order valence-corrected chi connectivity index (χ0v) is 12.0. The molecule has 1 saturated heterocycles. The first kappa shape index (κ1) is 13.5. The number of nitrogens with zero attached hydrogens (tertiary/aromatic N) is 1. The molecule has 1 amide bonds. The lowest BCUT2D eigenvalue weighted by Crippen LogP contribution is -2.63. The van der Waals surface area contributed by atoms with E-state index in [1.54, 1.807) is 17.0 Å². The lowest BCUT2D eigenvalue weighted by atomic mass is 9.89.